The average molecular weight is 292 g/mol. The van der Waals surface area contributed by atoms with Gasteiger partial charge < -0.3 is 20.5 Å². The van der Waals surface area contributed by atoms with E-state index >= 15 is 0 Å². The fourth-order valence-electron chi connectivity index (χ4n) is 2.29. The van der Waals surface area contributed by atoms with Crippen LogP contribution in [0.1, 0.15) is 24.8 Å². The number of aryl methyl sites for hydroxylation is 1. The lowest BCUT2D eigenvalue weighted by Crippen LogP contribution is -2.26. The number of hydrogen-bond acceptors (Lipinski definition) is 4. The van der Waals surface area contributed by atoms with Crippen molar-refractivity contribution in [2.24, 2.45) is 0 Å². The fraction of sp³-hybridized carbons (Fsp3) is 0.562. The lowest BCUT2D eigenvalue weighted by molar-refractivity contribution is -0.121. The van der Waals surface area contributed by atoms with E-state index in [0.717, 1.165) is 30.7 Å². The molecule has 1 aromatic carbocycles. The van der Waals surface area contributed by atoms with Crippen molar-refractivity contribution in [2.45, 2.75) is 31.8 Å². The predicted molar refractivity (Wildman–Crippen MR) is 82.0 cm³/mol. The van der Waals surface area contributed by atoms with Crippen LogP contribution in [0.3, 0.4) is 0 Å². The Balaban J connectivity index is 1.52. The molecule has 5 nitrogen and oxygen atoms in total. The van der Waals surface area contributed by atoms with Gasteiger partial charge in [-0.3, -0.25) is 4.79 Å². The molecule has 1 amide bonds. The van der Waals surface area contributed by atoms with E-state index in [-0.39, 0.29) is 12.0 Å². The highest BCUT2D eigenvalue weighted by molar-refractivity contribution is 5.76. The molecule has 1 fully saturated rings. The molecule has 1 saturated heterocycles. The molecule has 1 aromatic rings. The van der Waals surface area contributed by atoms with Crippen molar-refractivity contribution in [1.29, 1.82) is 0 Å². The number of carbonyl (C=O) groups excluding carboxylic acids is 1. The highest BCUT2D eigenvalue weighted by Crippen LogP contribution is 2.12. The van der Waals surface area contributed by atoms with E-state index in [1.807, 2.05) is 24.3 Å². The average Bonchev–Trinajstić information content (AvgIpc) is 2.99. The van der Waals surface area contributed by atoms with E-state index in [2.05, 4.69) is 5.32 Å². The van der Waals surface area contributed by atoms with Crippen molar-refractivity contribution in [2.75, 3.05) is 32.1 Å². The zero-order valence-electron chi connectivity index (χ0n) is 12.3. The number of rotatable bonds is 8. The molecule has 1 atom stereocenters. The third-order valence-electron chi connectivity index (χ3n) is 3.56. The summed E-state index contributed by atoms with van der Waals surface area (Å²) in [7, 11) is 0. The molecular formula is C16H24N2O3. The molecule has 1 aliphatic rings. The van der Waals surface area contributed by atoms with E-state index < -0.39 is 0 Å². The van der Waals surface area contributed by atoms with E-state index in [4.69, 9.17) is 15.2 Å². The van der Waals surface area contributed by atoms with Gasteiger partial charge in [0, 0.05) is 31.9 Å². The number of nitrogens with one attached hydrogen (secondary N) is 1. The minimum Gasteiger partial charge on any atom is -0.399 e. The van der Waals surface area contributed by atoms with Crippen molar-refractivity contribution < 1.29 is 14.3 Å². The van der Waals surface area contributed by atoms with Gasteiger partial charge in [0.05, 0.1) is 12.7 Å². The van der Waals surface area contributed by atoms with Gasteiger partial charge >= 0.3 is 0 Å². The summed E-state index contributed by atoms with van der Waals surface area (Å²) in [5, 5.41) is 2.91. The number of para-hydroxylation sites is 1. The zero-order valence-corrected chi connectivity index (χ0v) is 12.3. The van der Waals surface area contributed by atoms with Crippen molar-refractivity contribution in [3.8, 4) is 0 Å². The molecule has 116 valence electrons. The number of ether oxygens (including phenoxy) is 2. The summed E-state index contributed by atoms with van der Waals surface area (Å²) < 4.78 is 10.9. The molecule has 3 N–H and O–H groups in total. The van der Waals surface area contributed by atoms with Crippen LogP contribution >= 0.6 is 0 Å². The molecule has 0 bridgehead atoms. The third kappa shape index (κ3) is 5.73. The Hall–Kier alpha value is -1.59. The van der Waals surface area contributed by atoms with Gasteiger partial charge in [0.2, 0.25) is 5.91 Å². The molecule has 0 aromatic heterocycles. The molecule has 0 spiro atoms. The molecule has 1 aliphatic heterocycles. The molecule has 0 aliphatic carbocycles. The summed E-state index contributed by atoms with van der Waals surface area (Å²) in [5.74, 6) is 0.0578. The number of hydrogen-bond donors (Lipinski definition) is 2. The van der Waals surface area contributed by atoms with Crippen LogP contribution < -0.4 is 11.1 Å². The van der Waals surface area contributed by atoms with Gasteiger partial charge in [0.25, 0.3) is 0 Å². The Kier molecular flexibility index (Phi) is 6.50. The van der Waals surface area contributed by atoms with Crippen LogP contribution in [-0.2, 0) is 20.7 Å². The Morgan fingerprint density at radius 2 is 2.29 bits per heavy atom. The fourth-order valence-corrected chi connectivity index (χ4v) is 2.29. The number of carbonyl (C=O) groups is 1. The summed E-state index contributed by atoms with van der Waals surface area (Å²) in [4.78, 5) is 11.7. The Bertz CT molecular complexity index is 445. The van der Waals surface area contributed by atoms with Crippen LogP contribution in [0.2, 0.25) is 0 Å². The highest BCUT2D eigenvalue weighted by Gasteiger charge is 2.15. The van der Waals surface area contributed by atoms with Crippen LogP contribution in [0.5, 0.6) is 0 Å². The SMILES string of the molecule is Nc1ccccc1CCC(=O)NCCCOC1CCOC1. The summed E-state index contributed by atoms with van der Waals surface area (Å²) in [5.41, 5.74) is 7.62. The Morgan fingerprint density at radius 3 is 3.05 bits per heavy atom. The monoisotopic (exact) mass is 292 g/mol. The van der Waals surface area contributed by atoms with Gasteiger partial charge in [-0.05, 0) is 30.9 Å². The first-order valence-corrected chi connectivity index (χ1v) is 7.55. The number of amides is 1. The minimum absolute atomic E-state index is 0.0578. The molecular weight excluding hydrogens is 268 g/mol. The van der Waals surface area contributed by atoms with Crippen LogP contribution in [0.25, 0.3) is 0 Å². The minimum atomic E-state index is 0.0578. The molecule has 21 heavy (non-hydrogen) atoms. The maximum Gasteiger partial charge on any atom is 0.220 e. The van der Waals surface area contributed by atoms with Crippen LogP contribution in [0.15, 0.2) is 24.3 Å². The summed E-state index contributed by atoms with van der Waals surface area (Å²) in [6, 6.07) is 7.65. The second-order valence-electron chi connectivity index (χ2n) is 5.26. The maximum absolute atomic E-state index is 11.7. The first-order valence-electron chi connectivity index (χ1n) is 7.55. The highest BCUT2D eigenvalue weighted by atomic mass is 16.5. The van der Waals surface area contributed by atoms with E-state index in [9.17, 15) is 4.79 Å². The van der Waals surface area contributed by atoms with Crippen LogP contribution in [0.4, 0.5) is 5.69 Å². The van der Waals surface area contributed by atoms with E-state index in [0.29, 0.717) is 32.6 Å². The van der Waals surface area contributed by atoms with Crippen molar-refractivity contribution in [3.05, 3.63) is 29.8 Å². The van der Waals surface area contributed by atoms with Gasteiger partial charge in [-0.2, -0.15) is 0 Å². The standard InChI is InChI=1S/C16H24N2O3/c17-15-5-2-1-4-13(15)6-7-16(19)18-9-3-10-21-14-8-11-20-12-14/h1-2,4-5,14H,3,6-12,17H2,(H,18,19). The first-order chi connectivity index (χ1) is 10.3. The van der Waals surface area contributed by atoms with Gasteiger partial charge in [-0.15, -0.1) is 0 Å². The topological polar surface area (TPSA) is 73.6 Å². The van der Waals surface area contributed by atoms with Gasteiger partial charge in [0.15, 0.2) is 0 Å². The van der Waals surface area contributed by atoms with Gasteiger partial charge in [-0.1, -0.05) is 18.2 Å². The Labute approximate surface area is 125 Å². The summed E-state index contributed by atoms with van der Waals surface area (Å²) >= 11 is 0. The van der Waals surface area contributed by atoms with Crippen LogP contribution in [0, 0.1) is 0 Å². The van der Waals surface area contributed by atoms with E-state index in [1.165, 1.54) is 0 Å². The summed E-state index contributed by atoms with van der Waals surface area (Å²) in [6.07, 6.45) is 3.18. The number of anilines is 1. The number of nitrogen functional groups attached to an aromatic ring is 1. The second-order valence-corrected chi connectivity index (χ2v) is 5.26. The van der Waals surface area contributed by atoms with Crippen molar-refractivity contribution >= 4 is 11.6 Å². The smallest absolute Gasteiger partial charge is 0.220 e. The maximum atomic E-state index is 11.7. The van der Waals surface area contributed by atoms with E-state index in [1.54, 1.807) is 0 Å². The first kappa shape index (κ1) is 15.8. The van der Waals surface area contributed by atoms with Crippen molar-refractivity contribution in [1.82, 2.24) is 5.32 Å². The lowest BCUT2D eigenvalue weighted by atomic mass is 10.1. The molecule has 0 saturated carbocycles. The molecule has 5 heteroatoms. The normalized spacial score (nSPS) is 17.8. The van der Waals surface area contributed by atoms with Crippen molar-refractivity contribution in [3.63, 3.8) is 0 Å². The summed E-state index contributed by atoms with van der Waals surface area (Å²) in [6.45, 7) is 2.81. The molecule has 1 heterocycles. The van der Waals surface area contributed by atoms with Gasteiger partial charge in [0.1, 0.15) is 0 Å². The molecule has 0 radical (unpaired) electrons. The lowest BCUT2D eigenvalue weighted by Gasteiger charge is -2.10. The molecule has 2 rings (SSSR count). The number of benzene rings is 1. The predicted octanol–water partition coefficient (Wildman–Crippen LogP) is 1.51. The molecule has 1 unspecified atom stereocenters. The quantitative estimate of drug-likeness (QED) is 0.563. The largest absolute Gasteiger partial charge is 0.399 e. The Morgan fingerprint density at radius 1 is 1.43 bits per heavy atom. The zero-order chi connectivity index (χ0) is 14.9. The number of nitrogens with two attached hydrogens (primary N) is 1. The second kappa shape index (κ2) is 8.64. The third-order valence-corrected chi connectivity index (χ3v) is 3.56. The van der Waals surface area contributed by atoms with Gasteiger partial charge in [-0.25, -0.2) is 0 Å². The van der Waals surface area contributed by atoms with Crippen LogP contribution in [-0.4, -0.2) is 38.4 Å².